The molecule has 0 saturated carbocycles. The van der Waals surface area contributed by atoms with E-state index in [1.54, 1.807) is 12.3 Å². The molecule has 1 atom stereocenters. The van der Waals surface area contributed by atoms with Gasteiger partial charge in [0.15, 0.2) is 5.82 Å². The van der Waals surface area contributed by atoms with Gasteiger partial charge < -0.3 is 14.4 Å². The first-order valence-electron chi connectivity index (χ1n) is 10.00. The molecule has 156 valence electrons. The SMILES string of the molecule is CCc1nc2sc([C@H](c3ccco3)N3CCN(c4ccccc4F)CC3)c(O)n2n1. The second-order valence-electron chi connectivity index (χ2n) is 7.26. The molecule has 1 aliphatic rings. The summed E-state index contributed by atoms with van der Waals surface area (Å²) >= 11 is 1.42. The van der Waals surface area contributed by atoms with Crippen molar-refractivity contribution in [3.63, 3.8) is 0 Å². The van der Waals surface area contributed by atoms with Crippen LogP contribution in [0.15, 0.2) is 47.1 Å². The maximum absolute atomic E-state index is 14.2. The highest BCUT2D eigenvalue weighted by Crippen LogP contribution is 2.40. The molecule has 1 N–H and O–H groups in total. The number of benzene rings is 1. The smallest absolute Gasteiger partial charge is 0.230 e. The van der Waals surface area contributed by atoms with E-state index >= 15 is 0 Å². The van der Waals surface area contributed by atoms with Crippen LogP contribution in [-0.4, -0.2) is 50.8 Å². The van der Waals surface area contributed by atoms with Gasteiger partial charge >= 0.3 is 0 Å². The molecule has 0 unspecified atom stereocenters. The Morgan fingerprint density at radius 1 is 1.17 bits per heavy atom. The van der Waals surface area contributed by atoms with Crippen LogP contribution >= 0.6 is 11.3 Å². The van der Waals surface area contributed by atoms with Crippen molar-refractivity contribution in [3.05, 3.63) is 64.9 Å². The number of fused-ring (bicyclic) bond motifs is 1. The van der Waals surface area contributed by atoms with E-state index in [2.05, 4.69) is 19.9 Å². The summed E-state index contributed by atoms with van der Waals surface area (Å²) in [6.45, 7) is 4.75. The van der Waals surface area contributed by atoms with Crippen LogP contribution in [0.4, 0.5) is 10.1 Å². The fourth-order valence-electron chi connectivity index (χ4n) is 3.97. The normalized spacial score (nSPS) is 16.4. The third-order valence-electron chi connectivity index (χ3n) is 5.49. The van der Waals surface area contributed by atoms with Gasteiger partial charge in [-0.25, -0.2) is 9.37 Å². The lowest BCUT2D eigenvalue weighted by Gasteiger charge is -2.39. The van der Waals surface area contributed by atoms with E-state index < -0.39 is 0 Å². The number of aromatic hydroxyl groups is 1. The Labute approximate surface area is 177 Å². The topological polar surface area (TPSA) is 70.0 Å². The van der Waals surface area contributed by atoms with Crippen molar-refractivity contribution in [2.24, 2.45) is 0 Å². The van der Waals surface area contributed by atoms with Crippen LogP contribution < -0.4 is 4.90 Å². The van der Waals surface area contributed by atoms with Gasteiger partial charge in [0.2, 0.25) is 10.8 Å². The Bertz CT molecular complexity index is 1150. The summed E-state index contributed by atoms with van der Waals surface area (Å²) in [6.07, 6.45) is 2.35. The van der Waals surface area contributed by atoms with E-state index in [1.807, 2.05) is 31.2 Å². The molecule has 3 aromatic heterocycles. The van der Waals surface area contributed by atoms with E-state index in [1.165, 1.54) is 21.9 Å². The molecule has 5 rings (SSSR count). The number of hydrogen-bond acceptors (Lipinski definition) is 7. The lowest BCUT2D eigenvalue weighted by Crippen LogP contribution is -2.48. The number of nitrogens with zero attached hydrogens (tertiary/aromatic N) is 5. The fourth-order valence-corrected chi connectivity index (χ4v) is 5.09. The number of thiazole rings is 1. The summed E-state index contributed by atoms with van der Waals surface area (Å²) in [7, 11) is 0. The molecule has 30 heavy (non-hydrogen) atoms. The number of furan rings is 1. The molecule has 4 heterocycles. The molecule has 1 aromatic carbocycles. The van der Waals surface area contributed by atoms with Crippen molar-refractivity contribution in [1.29, 1.82) is 0 Å². The lowest BCUT2D eigenvalue weighted by molar-refractivity contribution is 0.190. The Morgan fingerprint density at radius 2 is 1.97 bits per heavy atom. The molecule has 0 radical (unpaired) electrons. The maximum Gasteiger partial charge on any atom is 0.230 e. The quantitative estimate of drug-likeness (QED) is 0.524. The number of piperazine rings is 1. The number of aromatic nitrogens is 3. The van der Waals surface area contributed by atoms with Crippen LogP contribution in [0.5, 0.6) is 5.88 Å². The summed E-state index contributed by atoms with van der Waals surface area (Å²) in [6, 6.07) is 10.4. The Balaban J connectivity index is 1.44. The lowest BCUT2D eigenvalue weighted by atomic mass is 10.1. The Kier molecular flexibility index (Phi) is 4.92. The highest BCUT2D eigenvalue weighted by Gasteiger charge is 2.33. The van der Waals surface area contributed by atoms with Gasteiger partial charge in [-0.05, 0) is 24.3 Å². The highest BCUT2D eigenvalue weighted by molar-refractivity contribution is 7.17. The number of aryl methyl sites for hydroxylation is 1. The minimum Gasteiger partial charge on any atom is -0.492 e. The van der Waals surface area contributed by atoms with Crippen LogP contribution in [0.2, 0.25) is 0 Å². The van der Waals surface area contributed by atoms with Crippen molar-refractivity contribution in [2.75, 3.05) is 31.1 Å². The number of rotatable bonds is 5. The average molecular weight is 428 g/mol. The Hall–Kier alpha value is -2.91. The monoisotopic (exact) mass is 427 g/mol. The first kappa shape index (κ1) is 19.1. The van der Waals surface area contributed by atoms with Crippen molar-refractivity contribution in [3.8, 4) is 5.88 Å². The summed E-state index contributed by atoms with van der Waals surface area (Å²) in [4.78, 5) is 10.2. The van der Waals surface area contributed by atoms with Gasteiger partial charge in [0.25, 0.3) is 0 Å². The molecular formula is C21H22FN5O2S. The van der Waals surface area contributed by atoms with E-state index in [0.717, 1.165) is 10.6 Å². The van der Waals surface area contributed by atoms with Gasteiger partial charge in [0.05, 0.1) is 16.8 Å². The summed E-state index contributed by atoms with van der Waals surface area (Å²) < 4.78 is 21.4. The summed E-state index contributed by atoms with van der Waals surface area (Å²) in [5, 5.41) is 15.3. The van der Waals surface area contributed by atoms with E-state index in [4.69, 9.17) is 4.42 Å². The first-order valence-corrected chi connectivity index (χ1v) is 10.8. The highest BCUT2D eigenvalue weighted by atomic mass is 32.1. The van der Waals surface area contributed by atoms with E-state index in [0.29, 0.717) is 49.1 Å². The molecule has 0 aliphatic carbocycles. The molecule has 0 spiro atoms. The zero-order chi connectivity index (χ0) is 20.7. The summed E-state index contributed by atoms with van der Waals surface area (Å²) in [5.41, 5.74) is 0.625. The number of hydrogen-bond donors (Lipinski definition) is 1. The molecule has 1 saturated heterocycles. The fraction of sp³-hybridized carbons (Fsp3) is 0.333. The van der Waals surface area contributed by atoms with E-state index in [9.17, 15) is 9.50 Å². The van der Waals surface area contributed by atoms with Gasteiger partial charge in [-0.3, -0.25) is 4.90 Å². The number of halogens is 1. The van der Waals surface area contributed by atoms with Crippen molar-refractivity contribution < 1.29 is 13.9 Å². The predicted octanol–water partition coefficient (Wildman–Crippen LogP) is 3.70. The first-order chi connectivity index (χ1) is 14.7. The number of anilines is 1. The second kappa shape index (κ2) is 7.73. The molecule has 4 aromatic rings. The van der Waals surface area contributed by atoms with Crippen LogP contribution in [0.1, 0.15) is 29.4 Å². The van der Waals surface area contributed by atoms with Crippen LogP contribution in [0.3, 0.4) is 0 Å². The average Bonchev–Trinajstić information content (AvgIpc) is 3.49. The Morgan fingerprint density at radius 3 is 2.63 bits per heavy atom. The third kappa shape index (κ3) is 3.23. The van der Waals surface area contributed by atoms with Crippen LogP contribution in [-0.2, 0) is 6.42 Å². The molecule has 0 amide bonds. The van der Waals surface area contributed by atoms with Crippen molar-refractivity contribution >= 4 is 22.0 Å². The molecule has 0 bridgehead atoms. The van der Waals surface area contributed by atoms with Gasteiger partial charge in [-0.2, -0.15) is 4.52 Å². The second-order valence-corrected chi connectivity index (χ2v) is 8.27. The maximum atomic E-state index is 14.2. The molecule has 7 nitrogen and oxygen atoms in total. The molecule has 1 fully saturated rings. The molecule has 9 heteroatoms. The number of para-hydroxylation sites is 1. The largest absolute Gasteiger partial charge is 0.492 e. The minimum absolute atomic E-state index is 0.0973. The van der Waals surface area contributed by atoms with Crippen LogP contribution in [0, 0.1) is 5.82 Å². The molecular weight excluding hydrogens is 405 g/mol. The zero-order valence-electron chi connectivity index (χ0n) is 16.5. The van der Waals surface area contributed by atoms with Gasteiger partial charge in [-0.1, -0.05) is 30.4 Å². The van der Waals surface area contributed by atoms with E-state index in [-0.39, 0.29) is 17.7 Å². The zero-order valence-corrected chi connectivity index (χ0v) is 17.3. The van der Waals surface area contributed by atoms with Gasteiger partial charge in [0.1, 0.15) is 17.6 Å². The summed E-state index contributed by atoms with van der Waals surface area (Å²) in [5.74, 6) is 1.35. The standard InChI is InChI=1S/C21H22FN5O2S/c1-2-17-23-21-27(24-17)20(28)19(30-21)18(16-8-5-13-29-16)26-11-9-25(10-12-26)15-7-4-3-6-14(15)22/h3-8,13,18,28H,2,9-12H2,1H3/t18-/m0/s1. The third-order valence-corrected chi connectivity index (χ3v) is 6.57. The van der Waals surface area contributed by atoms with Crippen LogP contribution in [0.25, 0.3) is 4.96 Å². The molecule has 1 aliphatic heterocycles. The van der Waals surface area contributed by atoms with Gasteiger partial charge in [-0.15, -0.1) is 5.10 Å². The van der Waals surface area contributed by atoms with Crippen molar-refractivity contribution in [1.82, 2.24) is 19.5 Å². The predicted molar refractivity (Wildman–Crippen MR) is 113 cm³/mol. The van der Waals surface area contributed by atoms with Crippen molar-refractivity contribution in [2.45, 2.75) is 19.4 Å². The minimum atomic E-state index is -0.249. The van der Waals surface area contributed by atoms with Gasteiger partial charge in [0, 0.05) is 32.6 Å².